The molecule has 0 heterocycles. The molecule has 0 aromatic heterocycles. The third-order valence-corrected chi connectivity index (χ3v) is 5.11. The molecule has 0 aliphatic rings. The summed E-state index contributed by atoms with van der Waals surface area (Å²) in [5, 5.41) is 0. The first-order valence-corrected chi connectivity index (χ1v) is 8.19. The second-order valence-corrected chi connectivity index (χ2v) is 6.19. The minimum atomic E-state index is -0.0346. The third kappa shape index (κ3) is 5.06. The molecule has 0 aliphatic carbocycles. The molecule has 0 bridgehead atoms. The molecule has 0 saturated carbocycles. The van der Waals surface area contributed by atoms with Gasteiger partial charge in [-0.2, -0.15) is 25.1 Å². The molecule has 0 fully saturated rings. The molecule has 0 nitrogen and oxygen atoms in total. The van der Waals surface area contributed by atoms with Crippen LogP contribution >= 0.6 is 0 Å². The van der Waals surface area contributed by atoms with Crippen LogP contribution in [0.4, 0.5) is 0 Å². The van der Waals surface area contributed by atoms with Gasteiger partial charge in [-0.25, -0.2) is 0 Å². The number of rotatable bonds is 3. The number of hydrogen-bond acceptors (Lipinski definition) is 0. The number of benzene rings is 3. The summed E-state index contributed by atoms with van der Waals surface area (Å²) in [5.74, 6) is 0. The van der Waals surface area contributed by atoms with Crippen LogP contribution in [0.3, 0.4) is 0 Å². The van der Waals surface area contributed by atoms with Crippen LogP contribution in [0.15, 0.2) is 99.6 Å². The Morgan fingerprint density at radius 1 is 0.636 bits per heavy atom. The Labute approximate surface area is 160 Å². The summed E-state index contributed by atoms with van der Waals surface area (Å²) < 4.78 is 0. The van der Waals surface area contributed by atoms with Gasteiger partial charge in [0.05, 0.1) is 15.8 Å². The van der Waals surface area contributed by atoms with Gasteiger partial charge in [0.15, 0.2) is 9.79 Å². The topological polar surface area (TPSA) is 0 Å². The van der Waals surface area contributed by atoms with Crippen LogP contribution < -0.4 is 0 Å². The Balaban J connectivity index is 0.000000775. The van der Waals surface area contributed by atoms with E-state index in [9.17, 15) is 0 Å². The molecule has 0 spiro atoms. The minimum Gasteiger partial charge on any atom is -0.346 e. The van der Waals surface area contributed by atoms with Crippen LogP contribution in [0.2, 0.25) is 0 Å². The standard InChI is InChI=1S/C18H14S.C2H5.U/c1-4-10-16(11-5-1)19(17-12-6-2-7-13-17)18-14-8-3-9-15-18;1-2;/h1-2,4-15H;1H2,2H3;/q;-1;+2. The van der Waals surface area contributed by atoms with Crippen molar-refractivity contribution in [1.82, 2.24) is 0 Å². The van der Waals surface area contributed by atoms with Gasteiger partial charge in [0.1, 0.15) is 0 Å². The van der Waals surface area contributed by atoms with Gasteiger partial charge in [-0.05, 0) is 24.3 Å². The number of hydrogen-bond donors (Lipinski definition) is 0. The Kier molecular flexibility index (Phi) is 9.32. The van der Waals surface area contributed by atoms with Crippen molar-refractivity contribution < 1.29 is 31.1 Å². The summed E-state index contributed by atoms with van der Waals surface area (Å²) in [6.45, 7) is 5.00. The molecule has 0 saturated heterocycles. The first-order valence-electron chi connectivity index (χ1n) is 6.96. The Morgan fingerprint density at radius 2 is 1.00 bits per heavy atom. The molecule has 3 aromatic rings. The molecular formula is C20H19SU+. The maximum Gasteiger partial charge on any atom is 2.00 e. The summed E-state index contributed by atoms with van der Waals surface area (Å²) in [5.41, 5.74) is 0. The first kappa shape index (κ1) is 19.1. The van der Waals surface area contributed by atoms with Gasteiger partial charge in [0.2, 0.25) is 0 Å². The van der Waals surface area contributed by atoms with Gasteiger partial charge in [0.25, 0.3) is 0 Å². The molecule has 0 amide bonds. The fourth-order valence-electron chi connectivity index (χ4n) is 2.03. The van der Waals surface area contributed by atoms with E-state index >= 15 is 0 Å². The van der Waals surface area contributed by atoms with Crippen molar-refractivity contribution in [3.63, 3.8) is 0 Å². The van der Waals surface area contributed by atoms with Crippen LogP contribution in [0.25, 0.3) is 0 Å². The van der Waals surface area contributed by atoms with E-state index in [4.69, 9.17) is 0 Å². The van der Waals surface area contributed by atoms with Crippen molar-refractivity contribution in [2.45, 2.75) is 21.6 Å². The molecule has 0 aliphatic heterocycles. The molecular weight excluding hydrogens is 510 g/mol. The van der Waals surface area contributed by atoms with Gasteiger partial charge < -0.3 is 6.92 Å². The SMILES string of the molecule is [CH2-]C.[U+2].[c-]1ccc([S+](c2ccccc2)c2ccccc2)cc1. The van der Waals surface area contributed by atoms with Gasteiger partial charge in [-0.1, -0.05) is 36.4 Å². The Hall–Kier alpha value is -0.938. The first-order chi connectivity index (χ1) is 10.4. The van der Waals surface area contributed by atoms with Gasteiger partial charge in [-0.3, -0.25) is 0 Å². The van der Waals surface area contributed by atoms with Crippen LogP contribution in [0.1, 0.15) is 6.92 Å². The zero-order chi connectivity index (χ0) is 14.9. The van der Waals surface area contributed by atoms with E-state index in [0.29, 0.717) is 0 Å². The van der Waals surface area contributed by atoms with Crippen molar-refractivity contribution >= 4 is 10.9 Å². The van der Waals surface area contributed by atoms with Gasteiger partial charge in [0, 0.05) is 0 Å². The fourth-order valence-corrected chi connectivity index (χ4v) is 4.11. The van der Waals surface area contributed by atoms with E-state index in [-0.39, 0.29) is 42.0 Å². The molecule has 0 radical (unpaired) electrons. The van der Waals surface area contributed by atoms with E-state index < -0.39 is 0 Å². The average molecular weight is 529 g/mol. The summed E-state index contributed by atoms with van der Waals surface area (Å²) in [6.07, 6.45) is 0. The fraction of sp³-hybridized carbons (Fsp3) is 0.0500. The molecule has 2 heteroatoms. The second-order valence-electron chi connectivity index (χ2n) is 4.17. The van der Waals surface area contributed by atoms with Crippen LogP contribution in [0.5, 0.6) is 0 Å². The monoisotopic (exact) mass is 529 g/mol. The molecule has 0 atom stereocenters. The van der Waals surface area contributed by atoms with Gasteiger partial charge >= 0.3 is 31.1 Å². The van der Waals surface area contributed by atoms with E-state index in [1.807, 2.05) is 12.1 Å². The van der Waals surface area contributed by atoms with Gasteiger partial charge in [-0.15, -0.1) is 12.1 Å². The van der Waals surface area contributed by atoms with E-state index in [0.717, 1.165) is 0 Å². The predicted molar refractivity (Wildman–Crippen MR) is 91.4 cm³/mol. The maximum atomic E-state index is 3.25. The van der Waals surface area contributed by atoms with E-state index in [1.165, 1.54) is 14.7 Å². The third-order valence-electron chi connectivity index (χ3n) is 2.88. The van der Waals surface area contributed by atoms with E-state index in [1.54, 1.807) is 6.92 Å². The van der Waals surface area contributed by atoms with Crippen molar-refractivity contribution in [2.75, 3.05) is 0 Å². The van der Waals surface area contributed by atoms with E-state index in [2.05, 4.69) is 85.8 Å². The smallest absolute Gasteiger partial charge is 0.346 e. The molecule has 3 aromatic carbocycles. The predicted octanol–water partition coefficient (Wildman–Crippen LogP) is 5.42. The molecule has 3 rings (SSSR count). The quantitative estimate of drug-likeness (QED) is 0.314. The zero-order valence-electron chi connectivity index (χ0n) is 12.7. The second kappa shape index (κ2) is 10.7. The molecule has 108 valence electrons. The Bertz CT molecular complexity index is 530. The minimum absolute atomic E-state index is 0. The summed E-state index contributed by atoms with van der Waals surface area (Å²) in [7, 11) is -0.0346. The van der Waals surface area contributed by atoms with Crippen LogP contribution in [0, 0.1) is 44.1 Å². The van der Waals surface area contributed by atoms with Crippen molar-refractivity contribution in [1.29, 1.82) is 0 Å². The average Bonchev–Trinajstić information content (AvgIpc) is 2.60. The van der Waals surface area contributed by atoms with Crippen LogP contribution in [-0.4, -0.2) is 0 Å². The van der Waals surface area contributed by atoms with Crippen molar-refractivity contribution in [3.8, 4) is 0 Å². The molecule has 22 heavy (non-hydrogen) atoms. The molecule has 0 unspecified atom stereocenters. The van der Waals surface area contributed by atoms with Crippen molar-refractivity contribution in [2.24, 2.45) is 0 Å². The van der Waals surface area contributed by atoms with Crippen LogP contribution in [-0.2, 0) is 10.9 Å². The largest absolute Gasteiger partial charge is 2.00 e. The zero-order valence-corrected chi connectivity index (χ0v) is 17.7. The van der Waals surface area contributed by atoms with Crippen molar-refractivity contribution in [3.05, 3.63) is 97.9 Å². The summed E-state index contributed by atoms with van der Waals surface area (Å²) in [6, 6.07) is 32.7. The molecule has 0 N–H and O–H groups in total. The Morgan fingerprint density at radius 3 is 1.41 bits per heavy atom. The summed E-state index contributed by atoms with van der Waals surface area (Å²) in [4.78, 5) is 4.02. The summed E-state index contributed by atoms with van der Waals surface area (Å²) >= 11 is 0. The maximum absolute atomic E-state index is 3.25. The normalized spacial score (nSPS) is 9.41.